The molecule has 0 heterocycles. The van der Waals surface area contributed by atoms with E-state index in [4.69, 9.17) is 0 Å². The Morgan fingerprint density at radius 2 is 1.92 bits per heavy atom. The first-order valence-corrected chi connectivity index (χ1v) is 8.67. The van der Waals surface area contributed by atoms with Crippen molar-refractivity contribution >= 4 is 19.8 Å². The van der Waals surface area contributed by atoms with E-state index in [0.29, 0.717) is 0 Å². The van der Waals surface area contributed by atoms with Crippen LogP contribution < -0.4 is 24.0 Å². The predicted molar refractivity (Wildman–Crippen MR) is 55.1 cm³/mol. The SMILES string of the molecule is CC1=C[C-](C)CC(C)=C1.[I-].[Ru+2][I]. The van der Waals surface area contributed by atoms with E-state index in [0.717, 1.165) is 6.42 Å². The van der Waals surface area contributed by atoms with E-state index < -0.39 is 0 Å². The van der Waals surface area contributed by atoms with Gasteiger partial charge in [-0.2, -0.15) is 5.57 Å². The summed E-state index contributed by atoms with van der Waals surface area (Å²) in [5.74, 6) is 1.48. The summed E-state index contributed by atoms with van der Waals surface area (Å²) in [5, 5.41) is 0. The number of rotatable bonds is 0. The predicted octanol–water partition coefficient (Wildman–Crippen LogP) is 0.764. The van der Waals surface area contributed by atoms with E-state index in [2.05, 4.69) is 67.5 Å². The van der Waals surface area contributed by atoms with E-state index in [1.807, 2.05) is 0 Å². The third-order valence-electron chi connectivity index (χ3n) is 1.51. The average Bonchev–Trinajstić information content (AvgIpc) is 1.88. The Bertz CT molecular complexity index is 173. The van der Waals surface area contributed by atoms with Crippen molar-refractivity contribution in [2.24, 2.45) is 0 Å². The zero-order valence-corrected chi connectivity index (χ0v) is 13.5. The molecule has 0 nitrogen and oxygen atoms in total. The summed E-state index contributed by atoms with van der Waals surface area (Å²) < 4.78 is 0. The van der Waals surface area contributed by atoms with Gasteiger partial charge >= 0.3 is 34.5 Å². The van der Waals surface area contributed by atoms with Crippen LogP contribution in [0.15, 0.2) is 23.3 Å². The number of allylic oxidation sites excluding steroid dienone is 4. The monoisotopic (exact) mass is 477 g/mol. The molecule has 0 saturated carbocycles. The molecule has 0 radical (unpaired) electrons. The van der Waals surface area contributed by atoms with Crippen LogP contribution in [0.5, 0.6) is 0 Å². The molecule has 3 heteroatoms. The fourth-order valence-corrected chi connectivity index (χ4v) is 1.36. The topological polar surface area (TPSA) is 0 Å². The van der Waals surface area contributed by atoms with Gasteiger partial charge in [-0.15, -0.1) is 25.5 Å². The molecule has 0 saturated heterocycles. The Kier molecular flexibility index (Phi) is 11.9. The summed E-state index contributed by atoms with van der Waals surface area (Å²) in [6, 6.07) is 0. The van der Waals surface area contributed by atoms with Gasteiger partial charge in [0.05, 0.1) is 0 Å². The second-order valence-corrected chi connectivity index (χ2v) is 2.90. The quantitative estimate of drug-likeness (QED) is 0.276. The van der Waals surface area contributed by atoms with Crippen molar-refractivity contribution in [3.05, 3.63) is 29.2 Å². The average molecular weight is 476 g/mol. The van der Waals surface area contributed by atoms with Crippen molar-refractivity contribution in [1.82, 2.24) is 0 Å². The van der Waals surface area contributed by atoms with Gasteiger partial charge in [-0.25, -0.2) is 12.0 Å². The molecule has 0 aromatic carbocycles. The summed E-state index contributed by atoms with van der Waals surface area (Å²) in [6.45, 7) is 6.51. The fourth-order valence-electron chi connectivity index (χ4n) is 1.36. The molecule has 0 aromatic heterocycles. The van der Waals surface area contributed by atoms with Crippen LogP contribution in [0, 0.1) is 5.92 Å². The van der Waals surface area contributed by atoms with E-state index in [9.17, 15) is 0 Å². The van der Waals surface area contributed by atoms with Gasteiger partial charge in [0.25, 0.3) is 0 Å². The summed E-state index contributed by atoms with van der Waals surface area (Å²) in [4.78, 5) is 0. The first-order valence-electron chi connectivity index (χ1n) is 3.50. The van der Waals surface area contributed by atoms with Crippen molar-refractivity contribution in [3.63, 3.8) is 0 Å². The molecule has 1 aliphatic rings. The molecule has 0 aromatic rings. The van der Waals surface area contributed by atoms with Gasteiger partial charge in [0.15, 0.2) is 0 Å². The molecule has 0 N–H and O–H groups in total. The van der Waals surface area contributed by atoms with Gasteiger partial charge in [-0.3, -0.25) is 0 Å². The molecule has 0 aliphatic heterocycles. The Balaban J connectivity index is 0. The first-order chi connectivity index (χ1) is 5.18. The fraction of sp³-hybridized carbons (Fsp3) is 0.444. The molecule has 0 bridgehead atoms. The maximum atomic E-state index is 2.32. The molecule has 0 amide bonds. The van der Waals surface area contributed by atoms with Crippen LogP contribution in [0.4, 0.5) is 0 Å². The van der Waals surface area contributed by atoms with Crippen LogP contribution in [0.2, 0.25) is 0 Å². The molecule has 0 spiro atoms. The molecule has 0 unspecified atom stereocenters. The van der Waals surface area contributed by atoms with Gasteiger partial charge in [-0.05, 0) is 6.92 Å². The molecule has 71 valence electrons. The number of halogens is 2. The van der Waals surface area contributed by atoms with Gasteiger partial charge in [0.1, 0.15) is 0 Å². The zero-order chi connectivity index (χ0) is 8.85. The Hall–Kier alpha value is 1.43. The van der Waals surface area contributed by atoms with Gasteiger partial charge < -0.3 is 24.0 Å². The number of hydrogen-bond acceptors (Lipinski definition) is 0. The van der Waals surface area contributed by atoms with Crippen LogP contribution in [-0.4, -0.2) is 0 Å². The second-order valence-electron chi connectivity index (χ2n) is 2.90. The molecule has 0 atom stereocenters. The second kappa shape index (κ2) is 9.01. The molecule has 1 aliphatic carbocycles. The van der Waals surface area contributed by atoms with Crippen molar-refractivity contribution in [2.45, 2.75) is 27.2 Å². The van der Waals surface area contributed by atoms with Crippen molar-refractivity contribution in [3.8, 4) is 0 Å². The van der Waals surface area contributed by atoms with Crippen molar-refractivity contribution in [2.75, 3.05) is 0 Å². The van der Waals surface area contributed by atoms with E-state index >= 15 is 0 Å². The van der Waals surface area contributed by atoms with Crippen LogP contribution in [0.3, 0.4) is 0 Å². The van der Waals surface area contributed by atoms with Gasteiger partial charge in [0.2, 0.25) is 0 Å². The van der Waals surface area contributed by atoms with Crippen LogP contribution >= 0.6 is 19.8 Å². The summed E-state index contributed by atoms with van der Waals surface area (Å²) in [7, 11) is 0. The first kappa shape index (κ1) is 15.9. The maximum absolute atomic E-state index is 2.32. The molecular weight excluding hydrogens is 463 g/mol. The zero-order valence-electron chi connectivity index (χ0n) is 7.47. The Morgan fingerprint density at radius 3 is 2.25 bits per heavy atom. The van der Waals surface area contributed by atoms with Crippen LogP contribution in [0.1, 0.15) is 27.2 Å². The molecule has 1 rings (SSSR count). The van der Waals surface area contributed by atoms with E-state index in [1.165, 1.54) is 17.1 Å². The van der Waals surface area contributed by atoms with E-state index in [-0.39, 0.29) is 24.0 Å². The molecule has 0 fully saturated rings. The number of hydrogen-bond donors (Lipinski definition) is 0. The minimum absolute atomic E-state index is 0. The molecular formula is C9H13I2Ru. The molecule has 12 heavy (non-hydrogen) atoms. The van der Waals surface area contributed by atoms with Crippen LogP contribution in [-0.2, 0) is 14.8 Å². The third kappa shape index (κ3) is 6.90. The normalized spacial score (nSPS) is 14.8. The van der Waals surface area contributed by atoms with Crippen molar-refractivity contribution in [1.29, 1.82) is 0 Å². The third-order valence-corrected chi connectivity index (χ3v) is 1.51. The van der Waals surface area contributed by atoms with Crippen LogP contribution in [0.25, 0.3) is 0 Å². The minimum atomic E-state index is 0. The summed E-state index contributed by atoms with van der Waals surface area (Å²) in [6.07, 6.45) is 5.65. The van der Waals surface area contributed by atoms with E-state index in [1.54, 1.807) is 0 Å². The van der Waals surface area contributed by atoms with Gasteiger partial charge in [0, 0.05) is 0 Å². The Labute approximate surface area is 114 Å². The standard InChI is InChI=1S/C9H13.2HI.Ru/c1-7-4-8(2)6-9(3)5-7;;;/h4-5H,6H2,1-3H3;2*1H;/q-1;;;+3/p-2. The van der Waals surface area contributed by atoms with Crippen molar-refractivity contribution < 1.29 is 38.8 Å². The van der Waals surface area contributed by atoms with Gasteiger partial charge in [-0.1, -0.05) is 6.42 Å². The summed E-state index contributed by atoms with van der Waals surface area (Å²) in [5.41, 5.74) is 2.86. The summed E-state index contributed by atoms with van der Waals surface area (Å²) >= 11 is 4.40. The Morgan fingerprint density at radius 1 is 1.42 bits per heavy atom.